The largest absolute Gasteiger partial charge is 0.497 e. The highest BCUT2D eigenvalue weighted by Crippen LogP contribution is 2.22. The summed E-state index contributed by atoms with van der Waals surface area (Å²) in [5, 5.41) is 9.36. The molecule has 0 radical (unpaired) electrons. The number of hydrogen-bond donors (Lipinski definition) is 2. The summed E-state index contributed by atoms with van der Waals surface area (Å²) in [6.07, 6.45) is 1.34. The number of aromatic nitrogens is 3. The van der Waals surface area contributed by atoms with E-state index in [1.54, 1.807) is 31.4 Å². The molecule has 2 heterocycles. The van der Waals surface area contributed by atoms with Crippen LogP contribution in [0.1, 0.15) is 10.4 Å². The Labute approximate surface area is 191 Å². The molecule has 0 unspecified atom stereocenters. The summed E-state index contributed by atoms with van der Waals surface area (Å²) in [5.41, 5.74) is 0.637. The lowest BCUT2D eigenvalue weighted by Gasteiger charge is -2.06. The zero-order valence-electron chi connectivity index (χ0n) is 17.2. The number of nitrogens with one attached hydrogen (secondary N) is 2. The predicted molar refractivity (Wildman–Crippen MR) is 120 cm³/mol. The average Bonchev–Trinajstić information content (AvgIpc) is 3.10. The van der Waals surface area contributed by atoms with Crippen LogP contribution in [0.3, 0.4) is 0 Å². The van der Waals surface area contributed by atoms with Crippen molar-refractivity contribution in [3.8, 4) is 5.75 Å². The number of carbonyl (C=O) groups excluding carboxylic acids is 2. The molecule has 0 fully saturated rings. The Bertz CT molecular complexity index is 1410. The molecule has 0 saturated carbocycles. The summed E-state index contributed by atoms with van der Waals surface area (Å²) in [6.45, 7) is -0.401. The van der Waals surface area contributed by atoms with E-state index in [-0.39, 0.29) is 21.9 Å². The number of anilines is 2. The van der Waals surface area contributed by atoms with E-state index in [2.05, 4.69) is 15.7 Å². The smallest absolute Gasteiger partial charge is 0.350 e. The van der Waals surface area contributed by atoms with Crippen LogP contribution in [-0.4, -0.2) is 33.1 Å². The van der Waals surface area contributed by atoms with Gasteiger partial charge in [-0.15, -0.1) is 5.10 Å². The van der Waals surface area contributed by atoms with Crippen LogP contribution in [0.2, 0.25) is 5.02 Å². The molecule has 0 aliphatic rings. The lowest BCUT2D eigenvalue weighted by Crippen LogP contribution is -2.28. The molecule has 0 saturated heterocycles. The number of benzene rings is 2. The fraction of sp³-hybridized carbons (Fsp3) is 0.0909. The molecule has 9 nitrogen and oxygen atoms in total. The van der Waals surface area contributed by atoms with E-state index in [0.717, 1.165) is 16.8 Å². The van der Waals surface area contributed by atoms with Gasteiger partial charge in [-0.3, -0.25) is 9.59 Å². The number of pyridine rings is 1. The Morgan fingerprint density at radius 2 is 1.85 bits per heavy atom. The molecular weight excluding hydrogens is 453 g/mol. The summed E-state index contributed by atoms with van der Waals surface area (Å²) in [6, 6.07) is 13.3. The van der Waals surface area contributed by atoms with Gasteiger partial charge in [0, 0.05) is 11.9 Å². The van der Waals surface area contributed by atoms with Gasteiger partial charge < -0.3 is 15.4 Å². The maximum atomic E-state index is 13.2. The molecule has 2 aromatic heterocycles. The Hall–Kier alpha value is -4.18. The Morgan fingerprint density at radius 3 is 2.55 bits per heavy atom. The minimum Gasteiger partial charge on any atom is -0.497 e. The number of amides is 2. The maximum absolute atomic E-state index is 13.2. The van der Waals surface area contributed by atoms with Crippen molar-refractivity contribution < 1.29 is 18.7 Å². The molecule has 4 aromatic rings. The normalized spacial score (nSPS) is 10.8. The van der Waals surface area contributed by atoms with Gasteiger partial charge in [0.15, 0.2) is 5.65 Å². The standard InChI is InChI=1S/C22H17ClFN5O4/c1-33-16-6-4-15(5-7-16)25-21(31)13-2-9-19-27-29(22(32)28(19)11-13)12-20(30)26-18-8-3-14(24)10-17(18)23/h2-11H,12H2,1H3,(H,25,31)(H,26,30). The maximum Gasteiger partial charge on any atom is 0.350 e. The number of hydrogen-bond acceptors (Lipinski definition) is 5. The van der Waals surface area contributed by atoms with Crippen LogP contribution in [0.4, 0.5) is 15.8 Å². The first-order valence-corrected chi connectivity index (χ1v) is 10.0. The molecule has 0 atom stereocenters. The number of methoxy groups -OCH3 is 1. The van der Waals surface area contributed by atoms with Crippen LogP contribution < -0.4 is 21.1 Å². The number of fused-ring (bicyclic) bond motifs is 1. The fourth-order valence-corrected chi connectivity index (χ4v) is 3.26. The molecular formula is C22H17ClFN5O4. The Morgan fingerprint density at radius 1 is 1.09 bits per heavy atom. The highest BCUT2D eigenvalue weighted by atomic mass is 35.5. The number of nitrogens with zero attached hydrogens (tertiary/aromatic N) is 3. The summed E-state index contributed by atoms with van der Waals surface area (Å²) in [5.74, 6) is -0.891. The van der Waals surface area contributed by atoms with Gasteiger partial charge in [0.1, 0.15) is 18.1 Å². The van der Waals surface area contributed by atoms with Crippen molar-refractivity contribution in [3.63, 3.8) is 0 Å². The third-order valence-corrected chi connectivity index (χ3v) is 5.00. The van der Waals surface area contributed by atoms with Crippen molar-refractivity contribution in [2.45, 2.75) is 6.54 Å². The van der Waals surface area contributed by atoms with Crippen molar-refractivity contribution >= 4 is 40.4 Å². The van der Waals surface area contributed by atoms with Crippen molar-refractivity contribution in [1.29, 1.82) is 0 Å². The van der Waals surface area contributed by atoms with Gasteiger partial charge in [0.25, 0.3) is 5.91 Å². The van der Waals surface area contributed by atoms with E-state index in [4.69, 9.17) is 16.3 Å². The second-order valence-electron chi connectivity index (χ2n) is 6.94. The van der Waals surface area contributed by atoms with E-state index in [1.165, 1.54) is 28.8 Å². The fourth-order valence-electron chi connectivity index (χ4n) is 3.05. The first-order chi connectivity index (χ1) is 15.8. The van der Waals surface area contributed by atoms with Gasteiger partial charge >= 0.3 is 5.69 Å². The predicted octanol–water partition coefficient (Wildman–Crippen LogP) is 3.19. The zero-order valence-corrected chi connectivity index (χ0v) is 18.0. The second kappa shape index (κ2) is 9.13. The lowest BCUT2D eigenvalue weighted by atomic mass is 10.2. The van der Waals surface area contributed by atoms with E-state index in [9.17, 15) is 18.8 Å². The lowest BCUT2D eigenvalue weighted by molar-refractivity contribution is -0.117. The summed E-state index contributed by atoms with van der Waals surface area (Å²) in [7, 11) is 1.54. The zero-order chi connectivity index (χ0) is 23.5. The number of carbonyl (C=O) groups is 2. The Balaban J connectivity index is 1.50. The van der Waals surface area contributed by atoms with Crippen molar-refractivity contribution in [2.24, 2.45) is 0 Å². The second-order valence-corrected chi connectivity index (χ2v) is 7.35. The van der Waals surface area contributed by atoms with Crippen LogP contribution in [0.15, 0.2) is 65.6 Å². The number of rotatable bonds is 6. The SMILES string of the molecule is COc1ccc(NC(=O)c2ccc3nn(CC(=O)Nc4ccc(F)cc4Cl)c(=O)n3c2)cc1. The molecule has 0 bridgehead atoms. The van der Waals surface area contributed by atoms with Crippen LogP contribution >= 0.6 is 11.6 Å². The minimum absolute atomic E-state index is 0.0261. The van der Waals surface area contributed by atoms with Crippen LogP contribution in [-0.2, 0) is 11.3 Å². The molecule has 168 valence electrons. The van der Waals surface area contributed by atoms with Gasteiger partial charge in [-0.05, 0) is 54.6 Å². The van der Waals surface area contributed by atoms with Crippen molar-refractivity contribution in [1.82, 2.24) is 14.2 Å². The molecule has 0 aliphatic carbocycles. The summed E-state index contributed by atoms with van der Waals surface area (Å²) in [4.78, 5) is 37.6. The van der Waals surface area contributed by atoms with Gasteiger partial charge in [-0.2, -0.15) is 0 Å². The molecule has 4 rings (SSSR count). The monoisotopic (exact) mass is 469 g/mol. The highest BCUT2D eigenvalue weighted by molar-refractivity contribution is 6.33. The van der Waals surface area contributed by atoms with E-state index in [0.29, 0.717) is 11.4 Å². The third-order valence-electron chi connectivity index (χ3n) is 4.69. The van der Waals surface area contributed by atoms with Gasteiger partial charge in [0.05, 0.1) is 23.4 Å². The topological polar surface area (TPSA) is 107 Å². The van der Waals surface area contributed by atoms with Gasteiger partial charge in [-0.25, -0.2) is 18.3 Å². The van der Waals surface area contributed by atoms with Crippen molar-refractivity contribution in [3.05, 3.63) is 87.7 Å². The Kier molecular flexibility index (Phi) is 6.09. The van der Waals surface area contributed by atoms with Gasteiger partial charge in [0.2, 0.25) is 5.91 Å². The highest BCUT2D eigenvalue weighted by Gasteiger charge is 2.15. The third kappa shape index (κ3) is 4.85. The molecule has 2 N–H and O–H groups in total. The number of halogens is 2. The first-order valence-electron chi connectivity index (χ1n) is 9.63. The summed E-state index contributed by atoms with van der Waals surface area (Å²) >= 11 is 5.91. The molecule has 11 heteroatoms. The first kappa shape index (κ1) is 22.0. The molecule has 0 spiro atoms. The van der Waals surface area contributed by atoms with E-state index >= 15 is 0 Å². The molecule has 0 aliphatic heterocycles. The summed E-state index contributed by atoms with van der Waals surface area (Å²) < 4.78 is 20.4. The quantitative estimate of drug-likeness (QED) is 0.451. The van der Waals surface area contributed by atoms with Crippen LogP contribution in [0, 0.1) is 5.82 Å². The van der Waals surface area contributed by atoms with E-state index < -0.39 is 29.9 Å². The van der Waals surface area contributed by atoms with Crippen LogP contribution in [0.25, 0.3) is 5.65 Å². The molecule has 2 aromatic carbocycles. The number of ether oxygens (including phenoxy) is 1. The minimum atomic E-state index is -0.607. The average molecular weight is 470 g/mol. The van der Waals surface area contributed by atoms with Crippen molar-refractivity contribution in [2.75, 3.05) is 17.7 Å². The molecule has 2 amide bonds. The van der Waals surface area contributed by atoms with Crippen LogP contribution in [0.5, 0.6) is 5.75 Å². The molecule has 33 heavy (non-hydrogen) atoms. The van der Waals surface area contributed by atoms with Gasteiger partial charge in [-0.1, -0.05) is 11.6 Å². The van der Waals surface area contributed by atoms with E-state index in [1.807, 2.05) is 0 Å².